The van der Waals surface area contributed by atoms with E-state index in [9.17, 15) is 4.79 Å². The van der Waals surface area contributed by atoms with Crippen LogP contribution in [0.2, 0.25) is 0 Å². The van der Waals surface area contributed by atoms with Crippen LogP contribution in [0.15, 0.2) is 0 Å². The Morgan fingerprint density at radius 2 is 1.95 bits per heavy atom. The van der Waals surface area contributed by atoms with Gasteiger partial charge in [0.15, 0.2) is 5.78 Å². The number of hydrogen-bond donors (Lipinski definition) is 0. The molecule has 2 aliphatic rings. The van der Waals surface area contributed by atoms with Gasteiger partial charge in [0.05, 0.1) is 25.4 Å². The van der Waals surface area contributed by atoms with E-state index in [4.69, 9.17) is 14.2 Å². The van der Waals surface area contributed by atoms with E-state index in [1.165, 1.54) is 25.7 Å². The Kier molecular flexibility index (Phi) is 5.79. The number of carbonyl (C=O) groups is 1. The highest BCUT2D eigenvalue weighted by atomic mass is 16.6. The Morgan fingerprint density at radius 1 is 1.16 bits per heavy atom. The van der Waals surface area contributed by atoms with Crippen molar-refractivity contribution in [3.8, 4) is 0 Å². The van der Waals surface area contributed by atoms with Crippen molar-refractivity contribution in [3.05, 3.63) is 0 Å². The molecule has 4 heteroatoms. The van der Waals surface area contributed by atoms with E-state index in [2.05, 4.69) is 6.92 Å². The van der Waals surface area contributed by atoms with Gasteiger partial charge in [0.2, 0.25) is 0 Å². The monoisotopic (exact) mass is 270 g/mol. The molecule has 19 heavy (non-hydrogen) atoms. The minimum absolute atomic E-state index is 0.0264. The average molecular weight is 270 g/mol. The smallest absolute Gasteiger partial charge is 0.166 e. The molecule has 0 N–H and O–H groups in total. The largest absolute Gasteiger partial charge is 0.382 e. The van der Waals surface area contributed by atoms with Crippen molar-refractivity contribution in [1.29, 1.82) is 0 Å². The zero-order valence-electron chi connectivity index (χ0n) is 12.1. The molecule has 4 unspecified atom stereocenters. The third-order valence-corrected chi connectivity index (χ3v) is 4.36. The normalized spacial score (nSPS) is 35.2. The Labute approximate surface area is 115 Å². The Morgan fingerprint density at radius 3 is 2.63 bits per heavy atom. The standard InChI is InChI=1S/C15H26O4/c1-3-11-6-4-5-7-13(11)19-14-10-12(16)15(14)18-9-8-17-2/h11,13-15H,3-10H2,1-2H3. The van der Waals surface area contributed by atoms with Gasteiger partial charge < -0.3 is 14.2 Å². The molecule has 110 valence electrons. The van der Waals surface area contributed by atoms with Crippen molar-refractivity contribution in [2.75, 3.05) is 20.3 Å². The highest BCUT2D eigenvalue weighted by Crippen LogP contribution is 2.33. The summed E-state index contributed by atoms with van der Waals surface area (Å²) in [6, 6.07) is 0. The molecule has 0 amide bonds. The second-order valence-corrected chi connectivity index (χ2v) is 5.62. The number of carbonyl (C=O) groups excluding carboxylic acids is 1. The molecule has 0 aliphatic heterocycles. The molecule has 0 spiro atoms. The number of ketones is 1. The lowest BCUT2D eigenvalue weighted by Crippen LogP contribution is -2.53. The molecule has 2 aliphatic carbocycles. The van der Waals surface area contributed by atoms with Crippen molar-refractivity contribution in [2.45, 2.75) is 63.8 Å². The lowest BCUT2D eigenvalue weighted by molar-refractivity contribution is -0.182. The van der Waals surface area contributed by atoms with Crippen molar-refractivity contribution in [2.24, 2.45) is 5.92 Å². The fraction of sp³-hybridized carbons (Fsp3) is 0.933. The quantitative estimate of drug-likeness (QED) is 0.666. The van der Waals surface area contributed by atoms with E-state index in [0.717, 1.165) is 6.42 Å². The van der Waals surface area contributed by atoms with Crippen LogP contribution in [-0.2, 0) is 19.0 Å². The van der Waals surface area contributed by atoms with Crippen LogP contribution in [-0.4, -0.2) is 44.4 Å². The molecule has 4 nitrogen and oxygen atoms in total. The summed E-state index contributed by atoms with van der Waals surface area (Å²) in [6.07, 6.45) is 6.59. The van der Waals surface area contributed by atoms with Crippen LogP contribution in [0.5, 0.6) is 0 Å². The number of rotatable bonds is 7. The van der Waals surface area contributed by atoms with E-state index < -0.39 is 0 Å². The van der Waals surface area contributed by atoms with Gasteiger partial charge >= 0.3 is 0 Å². The highest BCUT2D eigenvalue weighted by Gasteiger charge is 2.43. The summed E-state index contributed by atoms with van der Waals surface area (Å²) in [7, 11) is 1.63. The second kappa shape index (κ2) is 7.36. The van der Waals surface area contributed by atoms with E-state index in [-0.39, 0.29) is 18.0 Å². The molecular formula is C15H26O4. The third-order valence-electron chi connectivity index (χ3n) is 4.36. The lowest BCUT2D eigenvalue weighted by atomic mass is 9.83. The molecule has 0 aromatic heterocycles. The zero-order chi connectivity index (χ0) is 13.7. The van der Waals surface area contributed by atoms with Crippen LogP contribution in [0.4, 0.5) is 0 Å². The Balaban J connectivity index is 1.79. The van der Waals surface area contributed by atoms with E-state index in [0.29, 0.717) is 31.7 Å². The first kappa shape index (κ1) is 14.9. The molecule has 0 aromatic carbocycles. The molecule has 0 radical (unpaired) electrons. The molecule has 2 rings (SSSR count). The molecule has 0 bridgehead atoms. The van der Waals surface area contributed by atoms with Gasteiger partial charge in [0.25, 0.3) is 0 Å². The lowest BCUT2D eigenvalue weighted by Gasteiger charge is -2.40. The van der Waals surface area contributed by atoms with Crippen LogP contribution < -0.4 is 0 Å². The van der Waals surface area contributed by atoms with Gasteiger partial charge in [0, 0.05) is 13.5 Å². The predicted octanol–water partition coefficient (Wildman–Crippen LogP) is 2.34. The van der Waals surface area contributed by atoms with Gasteiger partial charge in [-0.1, -0.05) is 26.2 Å². The minimum atomic E-state index is -0.352. The maximum absolute atomic E-state index is 11.6. The topological polar surface area (TPSA) is 44.8 Å². The molecule has 2 fully saturated rings. The van der Waals surface area contributed by atoms with E-state index >= 15 is 0 Å². The van der Waals surface area contributed by atoms with Gasteiger partial charge in [-0.05, 0) is 18.8 Å². The number of hydrogen-bond acceptors (Lipinski definition) is 4. The summed E-state index contributed by atoms with van der Waals surface area (Å²) >= 11 is 0. The fourth-order valence-corrected chi connectivity index (χ4v) is 3.09. The minimum Gasteiger partial charge on any atom is -0.382 e. The summed E-state index contributed by atoms with van der Waals surface area (Å²) in [6.45, 7) is 3.22. The van der Waals surface area contributed by atoms with Crippen molar-refractivity contribution in [1.82, 2.24) is 0 Å². The van der Waals surface area contributed by atoms with Crippen LogP contribution in [0.25, 0.3) is 0 Å². The molecule has 4 atom stereocenters. The third kappa shape index (κ3) is 3.77. The van der Waals surface area contributed by atoms with Crippen molar-refractivity contribution in [3.63, 3.8) is 0 Å². The van der Waals surface area contributed by atoms with Gasteiger partial charge in [-0.2, -0.15) is 0 Å². The number of methoxy groups -OCH3 is 1. The highest BCUT2D eigenvalue weighted by molar-refractivity contribution is 5.90. The van der Waals surface area contributed by atoms with Crippen LogP contribution in [0.1, 0.15) is 45.4 Å². The van der Waals surface area contributed by atoms with Crippen LogP contribution in [0, 0.1) is 5.92 Å². The molecular weight excluding hydrogens is 244 g/mol. The van der Waals surface area contributed by atoms with Crippen LogP contribution in [0.3, 0.4) is 0 Å². The van der Waals surface area contributed by atoms with Gasteiger partial charge in [0.1, 0.15) is 6.10 Å². The Hall–Kier alpha value is -0.450. The fourth-order valence-electron chi connectivity index (χ4n) is 3.09. The second-order valence-electron chi connectivity index (χ2n) is 5.62. The van der Waals surface area contributed by atoms with Gasteiger partial charge in [-0.3, -0.25) is 4.79 Å². The first-order valence-corrected chi connectivity index (χ1v) is 7.55. The maximum Gasteiger partial charge on any atom is 0.166 e. The zero-order valence-corrected chi connectivity index (χ0v) is 12.1. The predicted molar refractivity (Wildman–Crippen MR) is 72.2 cm³/mol. The van der Waals surface area contributed by atoms with Crippen molar-refractivity contribution >= 4 is 5.78 Å². The summed E-state index contributed by atoms with van der Waals surface area (Å²) in [5.74, 6) is 0.828. The SMILES string of the molecule is CCC1CCCCC1OC1CC(=O)C1OCCOC. The Bertz CT molecular complexity index is 292. The van der Waals surface area contributed by atoms with E-state index in [1.54, 1.807) is 7.11 Å². The summed E-state index contributed by atoms with van der Waals surface area (Å²) in [5.41, 5.74) is 0. The first-order chi connectivity index (χ1) is 9.26. The first-order valence-electron chi connectivity index (χ1n) is 7.55. The summed E-state index contributed by atoms with van der Waals surface area (Å²) < 4.78 is 16.7. The number of Topliss-reactive ketones (excluding diaryl/α,β-unsaturated/α-hetero) is 1. The molecule has 0 heterocycles. The average Bonchev–Trinajstić information content (AvgIpc) is 2.43. The maximum atomic E-state index is 11.6. The van der Waals surface area contributed by atoms with E-state index in [1.807, 2.05) is 0 Å². The molecule has 0 saturated heterocycles. The van der Waals surface area contributed by atoms with Crippen LogP contribution >= 0.6 is 0 Å². The van der Waals surface area contributed by atoms with Gasteiger partial charge in [-0.25, -0.2) is 0 Å². The molecule has 0 aromatic rings. The van der Waals surface area contributed by atoms with Gasteiger partial charge in [-0.15, -0.1) is 0 Å². The summed E-state index contributed by atoms with van der Waals surface area (Å²) in [4.78, 5) is 11.6. The molecule has 2 saturated carbocycles. The number of ether oxygens (including phenoxy) is 3. The van der Waals surface area contributed by atoms with Crippen molar-refractivity contribution < 1.29 is 19.0 Å². The summed E-state index contributed by atoms with van der Waals surface area (Å²) in [5, 5.41) is 0.